The first-order valence-electron chi connectivity index (χ1n) is 16.8. The van der Waals surface area contributed by atoms with Gasteiger partial charge >= 0.3 is 0 Å². The predicted octanol–water partition coefficient (Wildman–Crippen LogP) is 10.2. The normalized spacial score (nSPS) is 13.5. The first-order chi connectivity index (χ1) is 22.1. The molecule has 0 atom stereocenters. The second-order valence-electron chi connectivity index (χ2n) is 14.3. The Bertz CT molecular complexity index is 1940. The number of rotatable bonds is 7. The summed E-state index contributed by atoms with van der Waals surface area (Å²) in [6.45, 7) is 13.7. The second-order valence-corrected chi connectivity index (χ2v) is 19.3. The van der Waals surface area contributed by atoms with Crippen LogP contribution in [-0.4, -0.2) is 23.0 Å². The van der Waals surface area contributed by atoms with Gasteiger partial charge in [-0.1, -0.05) is 100.0 Å². The number of pyridine rings is 3. The van der Waals surface area contributed by atoms with Gasteiger partial charge in [-0.15, -0.1) is 53.6 Å². The molecule has 0 unspecified atom stereocenters. The molecule has 1 aliphatic carbocycles. The minimum Gasteiger partial charge on any atom is -0.458 e. The third-order valence-electron chi connectivity index (χ3n) is 8.92. The van der Waals surface area contributed by atoms with Gasteiger partial charge in [-0.2, -0.15) is 0 Å². The molecule has 1 saturated carbocycles. The van der Waals surface area contributed by atoms with Crippen LogP contribution in [0.2, 0.25) is 19.6 Å². The summed E-state index contributed by atoms with van der Waals surface area (Å²) >= 11 is 0. The van der Waals surface area contributed by atoms with Crippen molar-refractivity contribution in [1.29, 1.82) is 0 Å². The van der Waals surface area contributed by atoms with Gasteiger partial charge in [-0.05, 0) is 60.3 Å². The average molecular weight is 816 g/mol. The van der Waals surface area contributed by atoms with Gasteiger partial charge in [0.15, 0.2) is 0 Å². The van der Waals surface area contributed by atoms with Gasteiger partial charge in [-0.3, -0.25) is 0 Å². The van der Waals surface area contributed by atoms with E-state index in [4.69, 9.17) is 4.42 Å². The van der Waals surface area contributed by atoms with E-state index in [0.717, 1.165) is 63.3 Å². The zero-order valence-electron chi connectivity index (χ0n) is 28.5. The molecule has 4 aromatic heterocycles. The molecule has 4 nitrogen and oxygen atoms in total. The summed E-state index contributed by atoms with van der Waals surface area (Å²) in [5, 5.41) is 3.58. The first kappa shape index (κ1) is 34.9. The van der Waals surface area contributed by atoms with Crippen molar-refractivity contribution >= 4 is 35.3 Å². The van der Waals surface area contributed by atoms with E-state index in [1.807, 2.05) is 49.5 Å². The Labute approximate surface area is 294 Å². The number of fused-ring (bicyclic) bond motifs is 3. The van der Waals surface area contributed by atoms with Crippen LogP contribution in [0.25, 0.3) is 44.6 Å². The molecule has 4 heterocycles. The Kier molecular flexibility index (Phi) is 11.3. The molecule has 0 aliphatic heterocycles. The number of aryl methyl sites for hydroxylation is 1. The molecule has 0 saturated heterocycles. The molecule has 6 aromatic rings. The largest absolute Gasteiger partial charge is 0.458 e. The van der Waals surface area contributed by atoms with E-state index < -0.39 is 8.07 Å². The van der Waals surface area contributed by atoms with Gasteiger partial charge < -0.3 is 14.4 Å². The van der Waals surface area contributed by atoms with Gasteiger partial charge in [0.2, 0.25) is 5.71 Å². The standard InChI is InChI=1S/C23H21N2O.C18H24NSi.Ir/c1-15-6-8-20-19-9-7-18(14-22(19)26-23(20)25-15)21-13-17(10-11-24-21)12-16-4-2-3-5-16;1-14(2)11-16-12-17(15-9-7-6-8-10-15)19-13-18(16)20(3,4)5;/h6,8-11,13-14,16H,2-5,12H2,1H3;6-9,12-14H,11H2,1-5H3;/q2*-1;. The molecular formula is C41H45IrN3OSi-2. The summed E-state index contributed by atoms with van der Waals surface area (Å²) in [6.07, 6.45) is 11.8. The van der Waals surface area contributed by atoms with Crippen molar-refractivity contribution in [2.24, 2.45) is 11.8 Å². The van der Waals surface area contributed by atoms with Crippen molar-refractivity contribution < 1.29 is 24.5 Å². The number of furan rings is 1. The average Bonchev–Trinajstić information content (AvgIpc) is 3.68. The minimum absolute atomic E-state index is 0. The molecule has 1 fully saturated rings. The van der Waals surface area contributed by atoms with E-state index in [2.05, 4.69) is 97.1 Å². The third kappa shape index (κ3) is 8.54. The summed E-state index contributed by atoms with van der Waals surface area (Å²) < 4.78 is 5.97. The van der Waals surface area contributed by atoms with E-state index in [0.29, 0.717) is 11.6 Å². The summed E-state index contributed by atoms with van der Waals surface area (Å²) in [5.41, 5.74) is 9.40. The molecule has 47 heavy (non-hydrogen) atoms. The van der Waals surface area contributed by atoms with Crippen LogP contribution in [-0.2, 0) is 32.9 Å². The van der Waals surface area contributed by atoms with Crippen LogP contribution < -0.4 is 5.19 Å². The zero-order chi connectivity index (χ0) is 32.3. The van der Waals surface area contributed by atoms with Crippen molar-refractivity contribution in [3.63, 3.8) is 0 Å². The van der Waals surface area contributed by atoms with E-state index >= 15 is 0 Å². The maximum atomic E-state index is 5.97. The van der Waals surface area contributed by atoms with Gasteiger partial charge in [0.1, 0.15) is 0 Å². The van der Waals surface area contributed by atoms with Crippen LogP contribution in [0.4, 0.5) is 0 Å². The van der Waals surface area contributed by atoms with Crippen LogP contribution in [0.1, 0.15) is 56.4 Å². The quantitative estimate of drug-likeness (QED) is 0.119. The van der Waals surface area contributed by atoms with Crippen LogP contribution >= 0.6 is 0 Å². The Morgan fingerprint density at radius 3 is 2.40 bits per heavy atom. The van der Waals surface area contributed by atoms with Gasteiger partial charge in [0, 0.05) is 43.6 Å². The smallest absolute Gasteiger partial charge is 0.215 e. The number of benzene rings is 2. The Morgan fingerprint density at radius 1 is 0.894 bits per heavy atom. The predicted molar refractivity (Wildman–Crippen MR) is 194 cm³/mol. The van der Waals surface area contributed by atoms with Crippen molar-refractivity contribution in [1.82, 2.24) is 15.0 Å². The molecule has 6 heteroatoms. The molecule has 245 valence electrons. The van der Waals surface area contributed by atoms with E-state index in [9.17, 15) is 0 Å². The van der Waals surface area contributed by atoms with E-state index in [1.165, 1.54) is 42.0 Å². The molecule has 1 radical (unpaired) electrons. The van der Waals surface area contributed by atoms with Gasteiger partial charge in [-0.25, -0.2) is 4.98 Å². The van der Waals surface area contributed by atoms with Crippen LogP contribution in [0.5, 0.6) is 0 Å². The van der Waals surface area contributed by atoms with Crippen molar-refractivity contribution in [2.75, 3.05) is 0 Å². The van der Waals surface area contributed by atoms with E-state index in [1.54, 1.807) is 0 Å². The van der Waals surface area contributed by atoms with Crippen LogP contribution in [0.15, 0.2) is 83.5 Å². The molecule has 0 bridgehead atoms. The van der Waals surface area contributed by atoms with Crippen LogP contribution in [0.3, 0.4) is 0 Å². The number of aromatic nitrogens is 3. The molecule has 0 N–H and O–H groups in total. The fourth-order valence-corrected chi connectivity index (χ4v) is 8.20. The summed E-state index contributed by atoms with van der Waals surface area (Å²) in [7, 11) is -1.34. The second kappa shape index (κ2) is 15.2. The molecule has 7 rings (SSSR count). The molecule has 0 amide bonds. The van der Waals surface area contributed by atoms with Crippen molar-refractivity contribution in [3.05, 3.63) is 108 Å². The fourth-order valence-electron chi connectivity index (χ4n) is 6.61. The minimum atomic E-state index is -1.34. The maximum Gasteiger partial charge on any atom is 0.215 e. The summed E-state index contributed by atoms with van der Waals surface area (Å²) in [5.74, 6) is 1.50. The first-order valence-corrected chi connectivity index (χ1v) is 20.3. The maximum absolute atomic E-state index is 5.97. The summed E-state index contributed by atoms with van der Waals surface area (Å²) in [4.78, 5) is 13.7. The molecule has 1 aliphatic rings. The zero-order valence-corrected chi connectivity index (χ0v) is 31.9. The fraction of sp³-hybridized carbons (Fsp3) is 0.341. The van der Waals surface area contributed by atoms with E-state index in [-0.39, 0.29) is 20.1 Å². The number of hydrogen-bond acceptors (Lipinski definition) is 4. The molecule has 0 spiro atoms. The molecule has 2 aromatic carbocycles. The Morgan fingerprint density at radius 2 is 1.68 bits per heavy atom. The number of hydrogen-bond donors (Lipinski definition) is 0. The van der Waals surface area contributed by atoms with Crippen LogP contribution in [0, 0.1) is 30.9 Å². The topological polar surface area (TPSA) is 51.8 Å². The Balaban J connectivity index is 0.000000188. The third-order valence-corrected chi connectivity index (χ3v) is 11.0. The summed E-state index contributed by atoms with van der Waals surface area (Å²) in [6, 6.07) is 29.5. The molecular weight excluding hydrogens is 771 g/mol. The monoisotopic (exact) mass is 816 g/mol. The SMILES string of the molecule is CC(C)Cc1cc(-c2[c-]cccc2)ncc1[Si](C)(C)C.Cc1ccc2c(n1)oc1cc(-c3cc(CC4CCCC4)ccn3)[c-]cc12.[Ir]. The Hall–Kier alpha value is -3.44. The number of nitrogens with zero attached hydrogens (tertiary/aromatic N) is 3. The van der Waals surface area contributed by atoms with Gasteiger partial charge in [0.05, 0.1) is 13.7 Å². The van der Waals surface area contributed by atoms with Gasteiger partial charge in [0.25, 0.3) is 0 Å². The van der Waals surface area contributed by atoms with Crippen molar-refractivity contribution in [3.8, 4) is 22.5 Å². The van der Waals surface area contributed by atoms with Crippen molar-refractivity contribution in [2.45, 2.75) is 78.9 Å².